The van der Waals surface area contributed by atoms with Gasteiger partial charge in [-0.15, -0.1) is 5.10 Å². The van der Waals surface area contributed by atoms with Crippen LogP contribution in [0.15, 0.2) is 24.3 Å². The van der Waals surface area contributed by atoms with Gasteiger partial charge in [-0.05, 0) is 53.5 Å². The molecule has 122 valence electrons. The van der Waals surface area contributed by atoms with E-state index in [1.54, 1.807) is 12.1 Å². The lowest BCUT2D eigenvalue weighted by Gasteiger charge is -2.20. The second-order valence-electron chi connectivity index (χ2n) is 5.97. The van der Waals surface area contributed by atoms with E-state index in [4.69, 9.17) is 0 Å². The lowest BCUT2D eigenvalue weighted by molar-refractivity contribution is -0.122. The van der Waals surface area contributed by atoms with Crippen molar-refractivity contribution < 1.29 is 9.18 Å². The average Bonchev–Trinajstić information content (AvgIpc) is 3.03. The van der Waals surface area contributed by atoms with E-state index in [0.717, 1.165) is 12.8 Å². The van der Waals surface area contributed by atoms with Gasteiger partial charge in [-0.25, -0.2) is 4.39 Å². The zero-order valence-corrected chi connectivity index (χ0v) is 12.9. The predicted molar refractivity (Wildman–Crippen MR) is 82.2 cm³/mol. The summed E-state index contributed by atoms with van der Waals surface area (Å²) in [7, 11) is 0. The Kier molecular flexibility index (Phi) is 4.95. The van der Waals surface area contributed by atoms with Crippen molar-refractivity contribution in [1.82, 2.24) is 25.5 Å². The Morgan fingerprint density at radius 2 is 1.96 bits per heavy atom. The largest absolute Gasteiger partial charge is 0.349 e. The van der Waals surface area contributed by atoms with Gasteiger partial charge in [0, 0.05) is 6.42 Å². The summed E-state index contributed by atoms with van der Waals surface area (Å²) in [5, 5.41) is 14.3. The number of rotatable bonds is 5. The molecule has 1 amide bonds. The Balaban J connectivity index is 1.57. The molecule has 6 nitrogen and oxygen atoms in total. The highest BCUT2D eigenvalue weighted by molar-refractivity contribution is 5.76. The van der Waals surface area contributed by atoms with Gasteiger partial charge in [0.05, 0.1) is 12.2 Å². The molecule has 1 aliphatic carbocycles. The smallest absolute Gasteiger partial charge is 0.220 e. The van der Waals surface area contributed by atoms with Crippen LogP contribution in [-0.4, -0.2) is 26.1 Å². The molecule has 0 atom stereocenters. The SMILES string of the molecule is O=C(CC1CCCCC1)NCc1nnnn1-c1ccc(F)cc1. The maximum Gasteiger partial charge on any atom is 0.220 e. The molecule has 23 heavy (non-hydrogen) atoms. The Labute approximate surface area is 134 Å². The molecule has 3 rings (SSSR count). The topological polar surface area (TPSA) is 72.7 Å². The summed E-state index contributed by atoms with van der Waals surface area (Å²) in [4.78, 5) is 12.1. The van der Waals surface area contributed by atoms with Gasteiger partial charge in [-0.2, -0.15) is 4.68 Å². The van der Waals surface area contributed by atoms with E-state index in [1.807, 2.05) is 0 Å². The Morgan fingerprint density at radius 3 is 2.70 bits per heavy atom. The van der Waals surface area contributed by atoms with E-state index in [0.29, 0.717) is 23.9 Å². The third-order valence-corrected chi connectivity index (χ3v) is 4.25. The van der Waals surface area contributed by atoms with Crippen LogP contribution >= 0.6 is 0 Å². The van der Waals surface area contributed by atoms with E-state index in [2.05, 4.69) is 20.8 Å². The van der Waals surface area contributed by atoms with Crippen LogP contribution < -0.4 is 5.32 Å². The summed E-state index contributed by atoms with van der Waals surface area (Å²) >= 11 is 0. The number of nitrogens with one attached hydrogen (secondary N) is 1. The van der Waals surface area contributed by atoms with Gasteiger partial charge in [-0.3, -0.25) is 4.79 Å². The lowest BCUT2D eigenvalue weighted by atomic mass is 9.87. The fraction of sp³-hybridized carbons (Fsp3) is 0.500. The predicted octanol–water partition coefficient (Wildman–Crippen LogP) is 2.39. The minimum absolute atomic E-state index is 0.0329. The van der Waals surface area contributed by atoms with Gasteiger partial charge in [0.2, 0.25) is 5.91 Å². The second-order valence-corrected chi connectivity index (χ2v) is 5.97. The third kappa shape index (κ3) is 4.12. The number of hydrogen-bond donors (Lipinski definition) is 1. The van der Waals surface area contributed by atoms with Gasteiger partial charge in [0.25, 0.3) is 0 Å². The number of aromatic nitrogens is 4. The molecule has 1 aromatic carbocycles. The summed E-state index contributed by atoms with van der Waals surface area (Å²) in [6.45, 7) is 0.260. The molecule has 7 heteroatoms. The van der Waals surface area contributed by atoms with Gasteiger partial charge in [-0.1, -0.05) is 19.3 Å². The van der Waals surface area contributed by atoms with Crippen LogP contribution in [0.4, 0.5) is 4.39 Å². The first kappa shape index (κ1) is 15.6. The van der Waals surface area contributed by atoms with Crippen molar-refractivity contribution in [2.75, 3.05) is 0 Å². The van der Waals surface area contributed by atoms with E-state index in [9.17, 15) is 9.18 Å². The zero-order chi connectivity index (χ0) is 16.1. The van der Waals surface area contributed by atoms with Crippen LogP contribution in [0, 0.1) is 11.7 Å². The first-order chi connectivity index (χ1) is 11.2. The fourth-order valence-electron chi connectivity index (χ4n) is 3.00. The molecule has 0 unspecified atom stereocenters. The standard InChI is InChI=1S/C16H20FN5O/c17-13-6-8-14(9-7-13)22-15(19-20-21-22)11-18-16(23)10-12-4-2-1-3-5-12/h6-9,12H,1-5,10-11H2,(H,18,23). The van der Waals surface area contributed by atoms with Gasteiger partial charge >= 0.3 is 0 Å². The molecule has 0 bridgehead atoms. The van der Waals surface area contributed by atoms with Crippen molar-refractivity contribution in [1.29, 1.82) is 0 Å². The Bertz CT molecular complexity index is 649. The number of amides is 1. The quantitative estimate of drug-likeness (QED) is 0.919. The second kappa shape index (κ2) is 7.30. The number of hydrogen-bond acceptors (Lipinski definition) is 4. The van der Waals surface area contributed by atoms with Crippen LogP contribution in [0.3, 0.4) is 0 Å². The molecule has 0 saturated heterocycles. The molecule has 1 N–H and O–H groups in total. The van der Waals surface area contributed by atoms with Crippen molar-refractivity contribution in [2.45, 2.75) is 45.1 Å². The van der Waals surface area contributed by atoms with Crippen LogP contribution in [-0.2, 0) is 11.3 Å². The minimum atomic E-state index is -0.316. The fourth-order valence-corrected chi connectivity index (χ4v) is 3.00. The molecule has 0 radical (unpaired) electrons. The molecule has 0 aliphatic heterocycles. The normalized spacial score (nSPS) is 15.5. The molecule has 0 spiro atoms. The van der Waals surface area contributed by atoms with Crippen LogP contribution in [0.25, 0.3) is 5.69 Å². The number of halogens is 1. The highest BCUT2D eigenvalue weighted by Crippen LogP contribution is 2.26. The first-order valence-electron chi connectivity index (χ1n) is 8.02. The van der Waals surface area contributed by atoms with Gasteiger partial charge in [0.1, 0.15) is 5.82 Å². The average molecular weight is 317 g/mol. The first-order valence-corrected chi connectivity index (χ1v) is 8.02. The van der Waals surface area contributed by atoms with E-state index in [1.165, 1.54) is 36.1 Å². The summed E-state index contributed by atoms with van der Waals surface area (Å²) in [5.41, 5.74) is 0.660. The summed E-state index contributed by atoms with van der Waals surface area (Å²) in [5.74, 6) is 0.736. The Hall–Kier alpha value is -2.31. The lowest BCUT2D eigenvalue weighted by Crippen LogP contribution is -2.27. The van der Waals surface area contributed by atoms with E-state index >= 15 is 0 Å². The zero-order valence-electron chi connectivity index (χ0n) is 12.9. The molecule has 1 fully saturated rings. The summed E-state index contributed by atoms with van der Waals surface area (Å²) in [6, 6.07) is 5.89. The summed E-state index contributed by atoms with van der Waals surface area (Å²) < 4.78 is 14.5. The maximum atomic E-state index is 13.0. The molecular weight excluding hydrogens is 297 g/mol. The van der Waals surface area contributed by atoms with E-state index in [-0.39, 0.29) is 18.3 Å². The molecule has 1 aliphatic rings. The van der Waals surface area contributed by atoms with Gasteiger partial charge in [0.15, 0.2) is 5.82 Å². The molecule has 1 saturated carbocycles. The molecule has 2 aromatic rings. The summed E-state index contributed by atoms with van der Waals surface area (Å²) in [6.07, 6.45) is 6.58. The van der Waals surface area contributed by atoms with Crippen molar-refractivity contribution in [2.24, 2.45) is 5.92 Å². The number of nitrogens with zero attached hydrogens (tertiary/aromatic N) is 4. The highest BCUT2D eigenvalue weighted by atomic mass is 19.1. The number of carbonyl (C=O) groups excluding carboxylic acids is 1. The maximum absolute atomic E-state index is 13.0. The molecule has 1 heterocycles. The van der Waals surface area contributed by atoms with Crippen LogP contribution in [0.1, 0.15) is 44.3 Å². The van der Waals surface area contributed by atoms with Gasteiger partial charge < -0.3 is 5.32 Å². The van der Waals surface area contributed by atoms with Crippen molar-refractivity contribution in [3.8, 4) is 5.69 Å². The van der Waals surface area contributed by atoms with Crippen molar-refractivity contribution in [3.05, 3.63) is 35.9 Å². The van der Waals surface area contributed by atoms with Crippen LogP contribution in [0.5, 0.6) is 0 Å². The van der Waals surface area contributed by atoms with Crippen molar-refractivity contribution >= 4 is 5.91 Å². The van der Waals surface area contributed by atoms with E-state index < -0.39 is 0 Å². The third-order valence-electron chi connectivity index (χ3n) is 4.25. The number of carbonyl (C=O) groups is 1. The highest BCUT2D eigenvalue weighted by Gasteiger charge is 2.17. The minimum Gasteiger partial charge on any atom is -0.349 e. The Morgan fingerprint density at radius 1 is 1.22 bits per heavy atom. The number of tetrazole rings is 1. The van der Waals surface area contributed by atoms with Crippen LogP contribution in [0.2, 0.25) is 0 Å². The monoisotopic (exact) mass is 317 g/mol. The molecular formula is C16H20FN5O. The number of benzene rings is 1. The molecule has 1 aromatic heterocycles. The van der Waals surface area contributed by atoms with Crippen molar-refractivity contribution in [3.63, 3.8) is 0 Å².